The Morgan fingerprint density at radius 3 is 2.14 bits per heavy atom. The van der Waals surface area contributed by atoms with Gasteiger partial charge < -0.3 is 9.33 Å². The third kappa shape index (κ3) is 3.91. The van der Waals surface area contributed by atoms with Gasteiger partial charge >= 0.3 is 0 Å². The molecular formula is C18H28N2OSi. The SMILES string of the molecule is CC(C)(C)[Si](C)(C)OC1CCN(c2ccc(C#N)cc2)CC1. The van der Waals surface area contributed by atoms with Crippen LogP contribution in [0, 0.1) is 11.3 Å². The quantitative estimate of drug-likeness (QED) is 0.768. The van der Waals surface area contributed by atoms with Crippen LogP contribution in [0.15, 0.2) is 24.3 Å². The number of benzene rings is 1. The van der Waals surface area contributed by atoms with Crippen LogP contribution in [0.5, 0.6) is 0 Å². The van der Waals surface area contributed by atoms with Crippen LogP contribution in [0.3, 0.4) is 0 Å². The Morgan fingerprint density at radius 2 is 1.68 bits per heavy atom. The molecule has 1 fully saturated rings. The Kier molecular flexibility index (Phi) is 4.99. The van der Waals surface area contributed by atoms with Gasteiger partial charge in [-0.3, -0.25) is 0 Å². The number of rotatable bonds is 3. The Hall–Kier alpha value is -1.31. The van der Waals surface area contributed by atoms with Crippen LogP contribution in [0.4, 0.5) is 5.69 Å². The van der Waals surface area contributed by atoms with Gasteiger partial charge in [-0.05, 0) is 55.2 Å². The third-order valence-corrected chi connectivity index (χ3v) is 9.61. The van der Waals surface area contributed by atoms with E-state index in [4.69, 9.17) is 9.69 Å². The first-order valence-electron chi connectivity index (χ1n) is 8.16. The average molecular weight is 317 g/mol. The summed E-state index contributed by atoms with van der Waals surface area (Å²) in [6.07, 6.45) is 2.58. The number of hydrogen-bond donors (Lipinski definition) is 0. The van der Waals surface area contributed by atoms with Crippen LogP contribution in [-0.4, -0.2) is 27.5 Å². The Morgan fingerprint density at radius 1 is 1.14 bits per heavy atom. The van der Waals surface area contributed by atoms with Crippen LogP contribution in [0.2, 0.25) is 18.1 Å². The minimum absolute atomic E-state index is 0.275. The molecule has 0 saturated carbocycles. The first-order valence-corrected chi connectivity index (χ1v) is 11.1. The minimum atomic E-state index is -1.66. The molecule has 0 spiro atoms. The molecule has 4 heteroatoms. The van der Waals surface area contributed by atoms with Crippen molar-refractivity contribution >= 4 is 14.0 Å². The molecule has 0 aromatic heterocycles. The smallest absolute Gasteiger partial charge is 0.192 e. The highest BCUT2D eigenvalue weighted by Gasteiger charge is 2.39. The van der Waals surface area contributed by atoms with E-state index in [0.717, 1.165) is 31.5 Å². The summed E-state index contributed by atoms with van der Waals surface area (Å²) < 4.78 is 6.53. The molecular weight excluding hydrogens is 288 g/mol. The van der Waals surface area contributed by atoms with Gasteiger partial charge in [-0.2, -0.15) is 5.26 Å². The number of nitriles is 1. The first-order chi connectivity index (χ1) is 10.2. The van der Waals surface area contributed by atoms with Crippen molar-refractivity contribution in [1.82, 2.24) is 0 Å². The van der Waals surface area contributed by atoms with Gasteiger partial charge in [0.05, 0.1) is 11.6 Å². The second-order valence-corrected chi connectivity index (χ2v) is 12.5. The molecule has 0 unspecified atom stereocenters. The van der Waals surface area contributed by atoms with E-state index < -0.39 is 8.32 Å². The van der Waals surface area contributed by atoms with Crippen LogP contribution in [0.25, 0.3) is 0 Å². The lowest BCUT2D eigenvalue weighted by Gasteiger charge is -2.42. The van der Waals surface area contributed by atoms with Crippen molar-refractivity contribution in [2.24, 2.45) is 0 Å². The van der Waals surface area contributed by atoms with Crippen LogP contribution in [0.1, 0.15) is 39.2 Å². The van der Waals surface area contributed by atoms with E-state index in [9.17, 15) is 0 Å². The number of anilines is 1. The summed E-state index contributed by atoms with van der Waals surface area (Å²) in [5.41, 5.74) is 1.93. The molecule has 1 aromatic carbocycles. The number of piperidine rings is 1. The molecule has 1 aliphatic rings. The maximum atomic E-state index is 8.87. The molecule has 0 N–H and O–H groups in total. The highest BCUT2D eigenvalue weighted by molar-refractivity contribution is 6.74. The summed E-state index contributed by atoms with van der Waals surface area (Å²) >= 11 is 0. The molecule has 120 valence electrons. The summed E-state index contributed by atoms with van der Waals surface area (Å²) in [4.78, 5) is 2.40. The van der Waals surface area contributed by atoms with E-state index in [1.54, 1.807) is 0 Å². The molecule has 1 aromatic rings. The van der Waals surface area contributed by atoms with Crippen molar-refractivity contribution in [3.63, 3.8) is 0 Å². The van der Waals surface area contributed by atoms with Crippen LogP contribution < -0.4 is 4.90 Å². The lowest BCUT2D eigenvalue weighted by atomic mass is 10.1. The lowest BCUT2D eigenvalue weighted by Crippen LogP contribution is -2.47. The Bertz CT molecular complexity index is 532. The van der Waals surface area contributed by atoms with Crippen molar-refractivity contribution in [1.29, 1.82) is 5.26 Å². The minimum Gasteiger partial charge on any atom is -0.414 e. The summed E-state index contributed by atoms with van der Waals surface area (Å²) in [7, 11) is -1.66. The molecule has 1 aliphatic heterocycles. The molecule has 22 heavy (non-hydrogen) atoms. The molecule has 0 bridgehead atoms. The topological polar surface area (TPSA) is 36.3 Å². The summed E-state index contributed by atoms with van der Waals surface area (Å²) in [5, 5.41) is 9.15. The highest BCUT2D eigenvalue weighted by Crippen LogP contribution is 2.38. The maximum absolute atomic E-state index is 8.87. The van der Waals surface area contributed by atoms with E-state index >= 15 is 0 Å². The van der Waals surface area contributed by atoms with Crippen LogP contribution in [-0.2, 0) is 4.43 Å². The third-order valence-electron chi connectivity index (χ3n) is 5.07. The zero-order valence-corrected chi connectivity index (χ0v) is 15.5. The fourth-order valence-corrected chi connectivity index (χ4v) is 3.99. The standard InChI is InChI=1S/C18H28N2OSi/c1-18(2,3)22(4,5)21-17-10-12-20(13-11-17)16-8-6-15(14-19)7-9-16/h6-9,17H,10-13H2,1-5H3. The normalized spacial score (nSPS) is 17.4. The number of nitrogens with zero attached hydrogens (tertiary/aromatic N) is 2. The fraction of sp³-hybridized carbons (Fsp3) is 0.611. The second-order valence-electron chi connectivity index (χ2n) is 7.72. The molecule has 1 heterocycles. The van der Waals surface area contributed by atoms with E-state index in [1.165, 1.54) is 5.69 Å². The summed E-state index contributed by atoms with van der Waals surface area (Å²) in [6.45, 7) is 13.6. The van der Waals surface area contributed by atoms with E-state index in [2.05, 4.69) is 44.8 Å². The molecule has 1 saturated heterocycles. The largest absolute Gasteiger partial charge is 0.414 e. The molecule has 0 aliphatic carbocycles. The van der Waals surface area contributed by atoms with Crippen molar-refractivity contribution in [2.75, 3.05) is 18.0 Å². The first kappa shape index (κ1) is 17.0. The molecule has 2 rings (SSSR count). The van der Waals surface area contributed by atoms with Crippen molar-refractivity contribution in [3.8, 4) is 6.07 Å². The Labute approximate surface area is 136 Å². The van der Waals surface area contributed by atoms with Gasteiger partial charge in [-0.25, -0.2) is 0 Å². The van der Waals surface area contributed by atoms with Crippen molar-refractivity contribution in [2.45, 2.75) is 57.8 Å². The van der Waals surface area contributed by atoms with Gasteiger partial charge in [-0.15, -0.1) is 0 Å². The molecule has 0 radical (unpaired) electrons. The maximum Gasteiger partial charge on any atom is 0.192 e. The highest BCUT2D eigenvalue weighted by atomic mass is 28.4. The predicted molar refractivity (Wildman–Crippen MR) is 94.7 cm³/mol. The summed E-state index contributed by atoms with van der Waals surface area (Å²) in [5.74, 6) is 0. The monoisotopic (exact) mass is 316 g/mol. The van der Waals surface area contributed by atoms with Gasteiger partial charge in [0.2, 0.25) is 0 Å². The van der Waals surface area contributed by atoms with E-state index in [0.29, 0.717) is 6.10 Å². The van der Waals surface area contributed by atoms with Gasteiger partial charge in [0, 0.05) is 24.9 Å². The van der Waals surface area contributed by atoms with Crippen LogP contribution >= 0.6 is 0 Å². The number of hydrogen-bond acceptors (Lipinski definition) is 3. The Balaban J connectivity index is 1.92. The van der Waals surface area contributed by atoms with Gasteiger partial charge in [0.1, 0.15) is 0 Å². The molecule has 3 nitrogen and oxygen atoms in total. The van der Waals surface area contributed by atoms with Gasteiger partial charge in [-0.1, -0.05) is 20.8 Å². The van der Waals surface area contributed by atoms with Gasteiger partial charge in [0.25, 0.3) is 0 Å². The zero-order valence-electron chi connectivity index (χ0n) is 14.5. The molecule has 0 amide bonds. The van der Waals surface area contributed by atoms with E-state index in [-0.39, 0.29) is 5.04 Å². The molecule has 0 atom stereocenters. The predicted octanol–water partition coefficient (Wildman–Crippen LogP) is 4.55. The van der Waals surface area contributed by atoms with Crippen molar-refractivity contribution < 1.29 is 4.43 Å². The van der Waals surface area contributed by atoms with Crippen molar-refractivity contribution in [3.05, 3.63) is 29.8 Å². The van der Waals surface area contributed by atoms with Gasteiger partial charge in [0.15, 0.2) is 8.32 Å². The zero-order chi connectivity index (χ0) is 16.4. The average Bonchev–Trinajstić information content (AvgIpc) is 2.47. The lowest BCUT2D eigenvalue weighted by molar-refractivity contribution is 0.152. The van der Waals surface area contributed by atoms with E-state index in [1.807, 2.05) is 24.3 Å². The summed E-state index contributed by atoms with van der Waals surface area (Å²) in [6, 6.07) is 10.1. The fourth-order valence-electron chi connectivity index (χ4n) is 2.57. The second kappa shape index (κ2) is 6.43.